The fourth-order valence-corrected chi connectivity index (χ4v) is 2.52. The minimum atomic E-state index is 0.0309. The molecular weight excluding hydrogens is 228 g/mol. The van der Waals surface area contributed by atoms with Crippen molar-refractivity contribution in [2.75, 3.05) is 24.5 Å². The van der Waals surface area contributed by atoms with Crippen molar-refractivity contribution in [3.8, 4) is 0 Å². The standard InChI is InChI=1S/C13H22N4O/c1-3-14-10-11-6-5-8-17(11)12-13(18)16(4-2)9-7-15-12/h7,9,11,14H,3-6,8,10H2,1-2H3. The average Bonchev–Trinajstić information content (AvgIpc) is 2.84. The van der Waals surface area contributed by atoms with Crippen LogP contribution in [0.25, 0.3) is 0 Å². The van der Waals surface area contributed by atoms with Crippen LogP contribution in [0, 0.1) is 0 Å². The molecule has 0 spiro atoms. The van der Waals surface area contributed by atoms with Gasteiger partial charge in [0, 0.05) is 38.1 Å². The van der Waals surface area contributed by atoms with E-state index in [4.69, 9.17) is 0 Å². The number of rotatable bonds is 5. The van der Waals surface area contributed by atoms with Gasteiger partial charge in [-0.05, 0) is 26.3 Å². The Kier molecular flexibility index (Phi) is 4.36. The van der Waals surface area contributed by atoms with Gasteiger partial charge >= 0.3 is 0 Å². The quantitative estimate of drug-likeness (QED) is 0.841. The van der Waals surface area contributed by atoms with Crippen LogP contribution in [0.1, 0.15) is 26.7 Å². The molecule has 2 heterocycles. The third kappa shape index (κ3) is 2.56. The van der Waals surface area contributed by atoms with E-state index in [-0.39, 0.29) is 5.56 Å². The van der Waals surface area contributed by atoms with E-state index >= 15 is 0 Å². The Labute approximate surface area is 108 Å². The molecule has 1 unspecified atom stereocenters. The fourth-order valence-electron chi connectivity index (χ4n) is 2.52. The lowest BCUT2D eigenvalue weighted by Crippen LogP contribution is -2.41. The first kappa shape index (κ1) is 13.1. The molecule has 0 amide bonds. The summed E-state index contributed by atoms with van der Waals surface area (Å²) in [5.41, 5.74) is 0.0309. The summed E-state index contributed by atoms with van der Waals surface area (Å²) in [5, 5.41) is 3.36. The molecule has 0 radical (unpaired) electrons. The first-order valence-electron chi connectivity index (χ1n) is 6.80. The molecule has 1 N–H and O–H groups in total. The van der Waals surface area contributed by atoms with Gasteiger partial charge in [0.1, 0.15) is 0 Å². The van der Waals surface area contributed by atoms with E-state index in [0.29, 0.717) is 18.4 Å². The molecule has 0 bridgehead atoms. The minimum Gasteiger partial charge on any atom is -0.348 e. The van der Waals surface area contributed by atoms with Crippen LogP contribution in [0.15, 0.2) is 17.2 Å². The van der Waals surface area contributed by atoms with Crippen molar-refractivity contribution < 1.29 is 0 Å². The van der Waals surface area contributed by atoms with Crippen molar-refractivity contribution in [3.05, 3.63) is 22.7 Å². The second kappa shape index (κ2) is 6.00. The topological polar surface area (TPSA) is 50.2 Å². The average molecular weight is 250 g/mol. The highest BCUT2D eigenvalue weighted by molar-refractivity contribution is 5.38. The Balaban J connectivity index is 2.22. The van der Waals surface area contributed by atoms with E-state index in [1.165, 1.54) is 0 Å². The first-order valence-corrected chi connectivity index (χ1v) is 6.80. The number of hydrogen-bond donors (Lipinski definition) is 1. The molecule has 1 saturated heterocycles. The van der Waals surface area contributed by atoms with Gasteiger partial charge in [-0.3, -0.25) is 4.79 Å². The van der Waals surface area contributed by atoms with Gasteiger partial charge in [0.05, 0.1) is 0 Å². The second-order valence-electron chi connectivity index (χ2n) is 4.64. The van der Waals surface area contributed by atoms with Crippen LogP contribution in [-0.2, 0) is 6.54 Å². The molecule has 0 aliphatic carbocycles. The number of nitrogens with zero attached hydrogens (tertiary/aromatic N) is 3. The number of aromatic nitrogens is 2. The molecule has 0 saturated carbocycles. The maximum absolute atomic E-state index is 12.2. The normalized spacial score (nSPS) is 19.4. The van der Waals surface area contributed by atoms with E-state index in [2.05, 4.69) is 22.1 Å². The molecule has 1 aromatic heterocycles. The highest BCUT2D eigenvalue weighted by atomic mass is 16.1. The van der Waals surface area contributed by atoms with E-state index < -0.39 is 0 Å². The van der Waals surface area contributed by atoms with Crippen molar-refractivity contribution in [2.24, 2.45) is 0 Å². The Hall–Kier alpha value is -1.36. The Morgan fingerprint density at radius 2 is 2.33 bits per heavy atom. The van der Waals surface area contributed by atoms with Crippen LogP contribution < -0.4 is 15.8 Å². The van der Waals surface area contributed by atoms with Crippen LogP contribution in [0.2, 0.25) is 0 Å². The van der Waals surface area contributed by atoms with E-state index in [1.54, 1.807) is 17.0 Å². The summed E-state index contributed by atoms with van der Waals surface area (Å²) in [7, 11) is 0. The van der Waals surface area contributed by atoms with E-state index in [0.717, 1.165) is 32.5 Å². The Morgan fingerprint density at radius 1 is 1.50 bits per heavy atom. The SMILES string of the molecule is CCNCC1CCCN1c1nccn(CC)c1=O. The molecule has 1 aromatic rings. The van der Waals surface area contributed by atoms with Crippen LogP contribution in [0.4, 0.5) is 5.82 Å². The molecule has 100 valence electrons. The molecule has 0 aromatic carbocycles. The summed E-state index contributed by atoms with van der Waals surface area (Å²) < 4.78 is 1.71. The van der Waals surface area contributed by atoms with E-state index in [1.807, 2.05) is 6.92 Å². The summed E-state index contributed by atoms with van der Waals surface area (Å²) >= 11 is 0. The molecule has 1 atom stereocenters. The molecule has 1 aliphatic heterocycles. The molecule has 1 fully saturated rings. The number of nitrogens with one attached hydrogen (secondary N) is 1. The molecule has 2 rings (SSSR count). The van der Waals surface area contributed by atoms with Gasteiger partial charge < -0.3 is 14.8 Å². The van der Waals surface area contributed by atoms with E-state index in [9.17, 15) is 4.79 Å². The minimum absolute atomic E-state index is 0.0309. The third-order valence-corrected chi connectivity index (χ3v) is 3.52. The molecular formula is C13H22N4O. The summed E-state index contributed by atoms with van der Waals surface area (Å²) in [6, 6.07) is 0.401. The first-order chi connectivity index (χ1) is 8.77. The largest absolute Gasteiger partial charge is 0.348 e. The van der Waals surface area contributed by atoms with Crippen LogP contribution >= 0.6 is 0 Å². The number of anilines is 1. The van der Waals surface area contributed by atoms with Crippen molar-refractivity contribution in [1.82, 2.24) is 14.9 Å². The zero-order chi connectivity index (χ0) is 13.0. The smallest absolute Gasteiger partial charge is 0.293 e. The second-order valence-corrected chi connectivity index (χ2v) is 4.64. The third-order valence-electron chi connectivity index (χ3n) is 3.52. The van der Waals surface area contributed by atoms with Gasteiger partial charge in [0.15, 0.2) is 5.82 Å². The van der Waals surface area contributed by atoms with Gasteiger partial charge in [0.25, 0.3) is 5.56 Å². The maximum atomic E-state index is 12.2. The summed E-state index contributed by atoms with van der Waals surface area (Å²) in [6.45, 7) is 7.60. The van der Waals surface area contributed by atoms with Crippen LogP contribution in [-0.4, -0.2) is 35.2 Å². The van der Waals surface area contributed by atoms with Gasteiger partial charge in [-0.2, -0.15) is 0 Å². The maximum Gasteiger partial charge on any atom is 0.293 e. The monoisotopic (exact) mass is 250 g/mol. The lowest BCUT2D eigenvalue weighted by Gasteiger charge is -2.25. The molecule has 18 heavy (non-hydrogen) atoms. The predicted octanol–water partition coefficient (Wildman–Crippen LogP) is 0.841. The van der Waals surface area contributed by atoms with Crippen molar-refractivity contribution >= 4 is 5.82 Å². The zero-order valence-corrected chi connectivity index (χ0v) is 11.2. The summed E-state index contributed by atoms with van der Waals surface area (Å²) in [6.07, 6.45) is 5.75. The van der Waals surface area contributed by atoms with Gasteiger partial charge in [0.2, 0.25) is 0 Å². The summed E-state index contributed by atoms with van der Waals surface area (Å²) in [5.74, 6) is 0.611. The molecule has 5 nitrogen and oxygen atoms in total. The molecule has 5 heteroatoms. The van der Waals surface area contributed by atoms with Gasteiger partial charge in [-0.15, -0.1) is 0 Å². The van der Waals surface area contributed by atoms with Crippen LogP contribution in [0.3, 0.4) is 0 Å². The lowest BCUT2D eigenvalue weighted by atomic mass is 10.2. The van der Waals surface area contributed by atoms with Crippen molar-refractivity contribution in [3.63, 3.8) is 0 Å². The van der Waals surface area contributed by atoms with Gasteiger partial charge in [-0.25, -0.2) is 4.98 Å². The number of aryl methyl sites for hydroxylation is 1. The number of hydrogen-bond acceptors (Lipinski definition) is 4. The lowest BCUT2D eigenvalue weighted by molar-refractivity contribution is 0.579. The Bertz CT molecular complexity index is 443. The van der Waals surface area contributed by atoms with Gasteiger partial charge in [-0.1, -0.05) is 6.92 Å². The fraction of sp³-hybridized carbons (Fsp3) is 0.692. The summed E-state index contributed by atoms with van der Waals surface area (Å²) in [4.78, 5) is 18.7. The zero-order valence-electron chi connectivity index (χ0n) is 11.2. The van der Waals surface area contributed by atoms with Crippen molar-refractivity contribution in [2.45, 2.75) is 39.3 Å². The Morgan fingerprint density at radius 3 is 3.06 bits per heavy atom. The van der Waals surface area contributed by atoms with Crippen LogP contribution in [0.5, 0.6) is 0 Å². The predicted molar refractivity (Wildman–Crippen MR) is 73.1 cm³/mol. The highest BCUT2D eigenvalue weighted by Crippen LogP contribution is 2.20. The van der Waals surface area contributed by atoms with Crippen molar-refractivity contribution in [1.29, 1.82) is 0 Å². The highest BCUT2D eigenvalue weighted by Gasteiger charge is 2.27. The molecule has 1 aliphatic rings. The number of likely N-dealkylation sites (N-methyl/N-ethyl adjacent to an activating group) is 1.